The average molecular weight is 276 g/mol. The molecule has 0 saturated carbocycles. The van der Waals surface area contributed by atoms with Crippen molar-refractivity contribution >= 4 is 23.6 Å². The van der Waals surface area contributed by atoms with E-state index in [0.29, 0.717) is 25.9 Å². The summed E-state index contributed by atoms with van der Waals surface area (Å²) in [5.74, 6) is 0.483. The van der Waals surface area contributed by atoms with Gasteiger partial charge >= 0.3 is 5.97 Å². The number of nitrogens with two attached hydrogens (primary N) is 1. The van der Waals surface area contributed by atoms with Gasteiger partial charge in [0.15, 0.2) is 0 Å². The monoisotopic (exact) mass is 276 g/mol. The average Bonchev–Trinajstić information content (AvgIpc) is 2.33. The minimum Gasteiger partial charge on any atom is -0.466 e. The molecule has 2 atom stereocenters. The van der Waals surface area contributed by atoms with Crippen LogP contribution in [0.1, 0.15) is 33.1 Å². The maximum absolute atomic E-state index is 11.7. The molecule has 0 radical (unpaired) electrons. The molecular weight excluding hydrogens is 252 g/mol. The van der Waals surface area contributed by atoms with Crippen molar-refractivity contribution in [3.63, 3.8) is 0 Å². The number of amides is 1. The highest BCUT2D eigenvalue weighted by molar-refractivity contribution is 7.98. The lowest BCUT2D eigenvalue weighted by Crippen LogP contribution is -2.44. The zero-order valence-electron chi connectivity index (χ0n) is 11.4. The lowest BCUT2D eigenvalue weighted by molar-refractivity contribution is -0.143. The van der Waals surface area contributed by atoms with Crippen molar-refractivity contribution < 1.29 is 14.3 Å². The predicted molar refractivity (Wildman–Crippen MR) is 74.4 cm³/mol. The lowest BCUT2D eigenvalue weighted by Gasteiger charge is -2.17. The summed E-state index contributed by atoms with van der Waals surface area (Å²) in [6.07, 6.45) is 3.53. The summed E-state index contributed by atoms with van der Waals surface area (Å²) >= 11 is 1.66. The fraction of sp³-hybridized carbons (Fsp3) is 0.833. The quantitative estimate of drug-likeness (QED) is 0.612. The number of thioether (sulfide) groups is 1. The van der Waals surface area contributed by atoms with Gasteiger partial charge in [0.1, 0.15) is 0 Å². The van der Waals surface area contributed by atoms with Gasteiger partial charge < -0.3 is 15.8 Å². The molecule has 0 aliphatic heterocycles. The fourth-order valence-electron chi connectivity index (χ4n) is 1.37. The number of hydrogen-bond acceptors (Lipinski definition) is 5. The minimum absolute atomic E-state index is 0.0674. The van der Waals surface area contributed by atoms with E-state index in [0.717, 1.165) is 5.75 Å². The van der Waals surface area contributed by atoms with Crippen molar-refractivity contribution in [1.29, 1.82) is 0 Å². The Morgan fingerprint density at radius 3 is 2.61 bits per heavy atom. The van der Waals surface area contributed by atoms with E-state index in [2.05, 4.69) is 5.32 Å². The summed E-state index contributed by atoms with van der Waals surface area (Å²) < 4.78 is 4.82. The highest BCUT2D eigenvalue weighted by atomic mass is 32.2. The zero-order chi connectivity index (χ0) is 14.0. The van der Waals surface area contributed by atoms with Crippen LogP contribution in [0.25, 0.3) is 0 Å². The first-order chi connectivity index (χ1) is 8.51. The van der Waals surface area contributed by atoms with Crippen molar-refractivity contribution in [2.45, 2.75) is 45.2 Å². The third-order valence-corrected chi connectivity index (χ3v) is 3.09. The van der Waals surface area contributed by atoms with Gasteiger partial charge in [-0.3, -0.25) is 9.59 Å². The largest absolute Gasteiger partial charge is 0.466 e. The van der Waals surface area contributed by atoms with E-state index in [1.54, 1.807) is 18.7 Å². The van der Waals surface area contributed by atoms with Crippen molar-refractivity contribution in [3.05, 3.63) is 0 Å². The van der Waals surface area contributed by atoms with Crippen LogP contribution in [0.3, 0.4) is 0 Å². The first-order valence-corrected chi connectivity index (χ1v) is 7.61. The van der Waals surface area contributed by atoms with Crippen molar-refractivity contribution in [1.82, 2.24) is 5.32 Å². The van der Waals surface area contributed by atoms with Crippen LogP contribution in [0.5, 0.6) is 0 Å². The molecule has 5 nitrogen and oxygen atoms in total. The summed E-state index contributed by atoms with van der Waals surface area (Å²) in [4.78, 5) is 22.8. The standard InChI is InChI=1S/C12H24N2O3S/c1-4-17-11(15)6-5-9(2)14-12(16)10(13)7-8-18-3/h9-10H,4-8,13H2,1-3H3,(H,14,16). The molecule has 0 spiro atoms. The smallest absolute Gasteiger partial charge is 0.305 e. The van der Waals surface area contributed by atoms with Crippen LogP contribution in [-0.4, -0.2) is 42.6 Å². The third kappa shape index (κ3) is 8.36. The minimum atomic E-state index is -0.470. The Labute approximate surface area is 113 Å². The predicted octanol–water partition coefficient (Wildman–Crippen LogP) is 0.915. The van der Waals surface area contributed by atoms with Gasteiger partial charge in [0.05, 0.1) is 12.6 Å². The van der Waals surface area contributed by atoms with Crippen LogP contribution in [0.2, 0.25) is 0 Å². The van der Waals surface area contributed by atoms with Gasteiger partial charge in [-0.05, 0) is 38.7 Å². The van der Waals surface area contributed by atoms with E-state index in [4.69, 9.17) is 10.5 Å². The Kier molecular flexibility index (Phi) is 9.77. The zero-order valence-corrected chi connectivity index (χ0v) is 12.2. The van der Waals surface area contributed by atoms with E-state index >= 15 is 0 Å². The van der Waals surface area contributed by atoms with Crippen LogP contribution >= 0.6 is 11.8 Å². The maximum Gasteiger partial charge on any atom is 0.305 e. The Morgan fingerprint density at radius 1 is 1.39 bits per heavy atom. The van der Waals surface area contributed by atoms with Crippen LogP contribution in [-0.2, 0) is 14.3 Å². The second kappa shape index (κ2) is 10.2. The molecule has 0 aliphatic carbocycles. The maximum atomic E-state index is 11.7. The van der Waals surface area contributed by atoms with Gasteiger partial charge in [-0.1, -0.05) is 0 Å². The normalized spacial score (nSPS) is 13.8. The van der Waals surface area contributed by atoms with Crippen molar-refractivity contribution in [3.8, 4) is 0 Å². The second-order valence-corrected chi connectivity index (χ2v) is 5.13. The molecule has 106 valence electrons. The lowest BCUT2D eigenvalue weighted by atomic mass is 10.1. The topological polar surface area (TPSA) is 81.4 Å². The van der Waals surface area contributed by atoms with E-state index in [1.165, 1.54) is 0 Å². The van der Waals surface area contributed by atoms with Gasteiger partial charge in [0.25, 0.3) is 0 Å². The Balaban J connectivity index is 3.82. The molecule has 2 unspecified atom stereocenters. The first kappa shape index (κ1) is 17.2. The first-order valence-electron chi connectivity index (χ1n) is 6.21. The van der Waals surface area contributed by atoms with E-state index in [-0.39, 0.29) is 17.9 Å². The molecule has 0 fully saturated rings. The molecule has 0 heterocycles. The molecule has 18 heavy (non-hydrogen) atoms. The van der Waals surface area contributed by atoms with Crippen molar-refractivity contribution in [2.24, 2.45) is 5.73 Å². The summed E-state index contributed by atoms with van der Waals surface area (Å²) in [5, 5.41) is 2.81. The van der Waals surface area contributed by atoms with E-state index in [1.807, 2.05) is 13.2 Å². The van der Waals surface area contributed by atoms with E-state index in [9.17, 15) is 9.59 Å². The van der Waals surface area contributed by atoms with Crippen LogP contribution in [0, 0.1) is 0 Å². The molecule has 0 rings (SSSR count). The number of nitrogens with one attached hydrogen (secondary N) is 1. The van der Waals surface area contributed by atoms with Crippen molar-refractivity contribution in [2.75, 3.05) is 18.6 Å². The van der Waals surface area contributed by atoms with Crippen LogP contribution in [0.4, 0.5) is 0 Å². The fourth-order valence-corrected chi connectivity index (χ4v) is 1.86. The molecule has 0 aliphatic rings. The second-order valence-electron chi connectivity index (χ2n) is 4.14. The molecule has 3 N–H and O–H groups in total. The number of carbonyl (C=O) groups excluding carboxylic acids is 2. The molecule has 0 aromatic carbocycles. The van der Waals surface area contributed by atoms with Gasteiger partial charge in [0.2, 0.25) is 5.91 Å². The number of hydrogen-bond donors (Lipinski definition) is 2. The number of ether oxygens (including phenoxy) is 1. The molecule has 0 aromatic rings. The van der Waals surface area contributed by atoms with Gasteiger partial charge in [-0.15, -0.1) is 0 Å². The third-order valence-electron chi connectivity index (χ3n) is 2.45. The van der Waals surface area contributed by atoms with E-state index < -0.39 is 6.04 Å². The molecule has 6 heteroatoms. The molecule has 1 amide bonds. The Bertz CT molecular complexity index is 262. The summed E-state index contributed by atoms with van der Waals surface area (Å²) in [6, 6.07) is -0.537. The summed E-state index contributed by atoms with van der Waals surface area (Å²) in [5.41, 5.74) is 5.74. The highest BCUT2D eigenvalue weighted by Crippen LogP contribution is 2.02. The number of esters is 1. The summed E-state index contributed by atoms with van der Waals surface area (Å²) in [7, 11) is 0. The highest BCUT2D eigenvalue weighted by Gasteiger charge is 2.16. The molecule has 0 saturated heterocycles. The number of carbonyl (C=O) groups is 2. The van der Waals surface area contributed by atoms with Crippen LogP contribution in [0.15, 0.2) is 0 Å². The SMILES string of the molecule is CCOC(=O)CCC(C)NC(=O)C(N)CCSC. The van der Waals surface area contributed by atoms with Gasteiger partial charge in [-0.2, -0.15) is 11.8 Å². The summed E-state index contributed by atoms with van der Waals surface area (Å²) in [6.45, 7) is 4.02. The number of rotatable bonds is 9. The van der Waals surface area contributed by atoms with Gasteiger partial charge in [0, 0.05) is 12.5 Å². The van der Waals surface area contributed by atoms with Crippen LogP contribution < -0.4 is 11.1 Å². The molecular formula is C12H24N2O3S. The Morgan fingerprint density at radius 2 is 2.06 bits per heavy atom. The van der Waals surface area contributed by atoms with Gasteiger partial charge in [-0.25, -0.2) is 0 Å². The molecule has 0 bridgehead atoms. The molecule has 0 aromatic heterocycles. The Hall–Kier alpha value is -0.750.